The van der Waals surface area contributed by atoms with Crippen LogP contribution in [-0.4, -0.2) is 52.8 Å². The third-order valence-corrected chi connectivity index (χ3v) is 4.54. The number of nitrogens with one attached hydrogen (secondary N) is 2. The van der Waals surface area contributed by atoms with Crippen molar-refractivity contribution in [2.45, 2.75) is 53.0 Å². The minimum Gasteiger partial charge on any atom is -0.341 e. The topological polar surface area (TPSA) is 79.3 Å². The maximum absolute atomic E-state index is 11.9. The molecule has 1 aromatic rings. The van der Waals surface area contributed by atoms with Crippen LogP contribution < -0.4 is 10.6 Å². The van der Waals surface area contributed by atoms with Gasteiger partial charge in [0.25, 0.3) is 0 Å². The Morgan fingerprint density at radius 2 is 2.08 bits per heavy atom. The van der Waals surface area contributed by atoms with Gasteiger partial charge in [-0.15, -0.1) is 0 Å². The Kier molecular flexibility index (Phi) is 7.28. The van der Waals surface area contributed by atoms with Gasteiger partial charge in [0.1, 0.15) is 0 Å². The molecule has 0 spiro atoms. The van der Waals surface area contributed by atoms with Gasteiger partial charge in [-0.1, -0.05) is 13.3 Å². The predicted molar refractivity (Wildman–Crippen MR) is 97.3 cm³/mol. The molecule has 0 unspecified atom stereocenters. The second-order valence-corrected chi connectivity index (χ2v) is 7.04. The summed E-state index contributed by atoms with van der Waals surface area (Å²) < 4.78 is 1.98. The van der Waals surface area contributed by atoms with Crippen molar-refractivity contribution in [3.8, 4) is 0 Å². The zero-order valence-corrected chi connectivity index (χ0v) is 15.7. The van der Waals surface area contributed by atoms with Crippen LogP contribution in [0.1, 0.15) is 44.0 Å². The van der Waals surface area contributed by atoms with Crippen LogP contribution in [-0.2, 0) is 11.3 Å². The fourth-order valence-corrected chi connectivity index (χ4v) is 3.13. The molecular weight excluding hydrogens is 318 g/mol. The molecular formula is C18H31N5O2. The van der Waals surface area contributed by atoms with Crippen molar-refractivity contribution in [3.63, 3.8) is 0 Å². The average molecular weight is 349 g/mol. The first-order chi connectivity index (χ1) is 12.0. The lowest BCUT2D eigenvalue weighted by Crippen LogP contribution is -2.43. The highest BCUT2D eigenvalue weighted by Gasteiger charge is 2.16. The summed E-state index contributed by atoms with van der Waals surface area (Å²) in [5.74, 6) is 0.495. The molecule has 25 heavy (non-hydrogen) atoms. The van der Waals surface area contributed by atoms with Crippen molar-refractivity contribution in [1.82, 2.24) is 25.3 Å². The molecule has 1 atom stereocenters. The number of carbonyl (C=O) groups is 2. The summed E-state index contributed by atoms with van der Waals surface area (Å²) in [6.45, 7) is 9.37. The summed E-state index contributed by atoms with van der Waals surface area (Å²) in [5.41, 5.74) is 2.15. The van der Waals surface area contributed by atoms with Crippen molar-refractivity contribution in [2.24, 2.45) is 5.92 Å². The van der Waals surface area contributed by atoms with E-state index < -0.39 is 0 Å². The van der Waals surface area contributed by atoms with Crippen LogP contribution in [0.2, 0.25) is 0 Å². The fraction of sp³-hybridized carbons (Fsp3) is 0.722. The first-order valence-corrected chi connectivity index (χ1v) is 9.26. The smallest absolute Gasteiger partial charge is 0.314 e. The van der Waals surface area contributed by atoms with E-state index >= 15 is 0 Å². The number of rotatable bonds is 7. The minimum atomic E-state index is -0.178. The molecule has 1 aromatic heterocycles. The Labute approximate surface area is 150 Å². The summed E-state index contributed by atoms with van der Waals surface area (Å²) in [7, 11) is 0. The van der Waals surface area contributed by atoms with Crippen LogP contribution in [0.15, 0.2) is 6.07 Å². The zero-order valence-electron chi connectivity index (χ0n) is 15.7. The van der Waals surface area contributed by atoms with Gasteiger partial charge in [0.15, 0.2) is 0 Å². The SMILES string of the molecule is Cc1cc(C)n(C[C@H](C)CNC(=O)NCCN2CCCCCC2=O)n1. The zero-order chi connectivity index (χ0) is 18.2. The van der Waals surface area contributed by atoms with Crippen LogP contribution in [0.4, 0.5) is 4.79 Å². The van der Waals surface area contributed by atoms with Crippen LogP contribution in [0.5, 0.6) is 0 Å². The van der Waals surface area contributed by atoms with Crippen LogP contribution in [0.3, 0.4) is 0 Å². The third-order valence-electron chi connectivity index (χ3n) is 4.54. The van der Waals surface area contributed by atoms with Crippen molar-refractivity contribution in [1.29, 1.82) is 0 Å². The first-order valence-electron chi connectivity index (χ1n) is 9.26. The maximum atomic E-state index is 11.9. The van der Waals surface area contributed by atoms with Crippen LogP contribution >= 0.6 is 0 Å². The predicted octanol–water partition coefficient (Wildman–Crippen LogP) is 1.84. The monoisotopic (exact) mass is 349 g/mol. The largest absolute Gasteiger partial charge is 0.341 e. The highest BCUT2D eigenvalue weighted by Crippen LogP contribution is 2.10. The molecule has 0 aromatic carbocycles. The first kappa shape index (κ1) is 19.3. The Morgan fingerprint density at radius 1 is 1.28 bits per heavy atom. The normalized spacial score (nSPS) is 16.4. The van der Waals surface area contributed by atoms with Crippen LogP contribution in [0.25, 0.3) is 0 Å². The number of nitrogens with zero attached hydrogens (tertiary/aromatic N) is 3. The van der Waals surface area contributed by atoms with E-state index in [9.17, 15) is 9.59 Å². The number of amides is 3. The molecule has 0 radical (unpaired) electrons. The molecule has 2 heterocycles. The Morgan fingerprint density at radius 3 is 2.80 bits per heavy atom. The molecule has 0 bridgehead atoms. The number of aryl methyl sites for hydroxylation is 2. The lowest BCUT2D eigenvalue weighted by molar-refractivity contribution is -0.130. The molecule has 0 aliphatic carbocycles. The lowest BCUT2D eigenvalue weighted by Gasteiger charge is -2.21. The Balaban J connectivity index is 1.63. The average Bonchev–Trinajstić information content (AvgIpc) is 2.74. The molecule has 3 amide bonds. The van der Waals surface area contributed by atoms with Gasteiger partial charge in [-0.2, -0.15) is 5.10 Å². The van der Waals surface area contributed by atoms with Gasteiger partial charge in [-0.25, -0.2) is 4.79 Å². The summed E-state index contributed by atoms with van der Waals surface area (Å²) in [6, 6.07) is 1.87. The van der Waals surface area contributed by atoms with Gasteiger partial charge >= 0.3 is 6.03 Å². The van der Waals surface area contributed by atoms with E-state index in [0.29, 0.717) is 26.1 Å². The molecule has 7 heteroatoms. The summed E-state index contributed by atoms with van der Waals surface area (Å²) in [4.78, 5) is 25.7. The van der Waals surface area contributed by atoms with Crippen molar-refractivity contribution in [3.05, 3.63) is 17.5 Å². The van der Waals surface area contributed by atoms with Gasteiger partial charge < -0.3 is 15.5 Å². The van der Waals surface area contributed by atoms with E-state index in [2.05, 4.69) is 28.7 Å². The van der Waals surface area contributed by atoms with Crippen molar-refractivity contribution in [2.75, 3.05) is 26.2 Å². The molecule has 1 fully saturated rings. The maximum Gasteiger partial charge on any atom is 0.314 e. The summed E-state index contributed by atoms with van der Waals surface area (Å²) in [6.07, 6.45) is 3.79. The Hall–Kier alpha value is -2.05. The van der Waals surface area contributed by atoms with E-state index in [1.165, 1.54) is 0 Å². The molecule has 2 rings (SSSR count). The van der Waals surface area contributed by atoms with Crippen molar-refractivity contribution >= 4 is 11.9 Å². The summed E-state index contributed by atoms with van der Waals surface area (Å²) in [5, 5.41) is 10.2. The van der Waals surface area contributed by atoms with E-state index in [4.69, 9.17) is 0 Å². The van der Waals surface area contributed by atoms with E-state index in [1.54, 1.807) is 0 Å². The molecule has 0 saturated carbocycles. The van der Waals surface area contributed by atoms with Gasteiger partial charge in [0, 0.05) is 44.8 Å². The van der Waals surface area contributed by atoms with E-state index in [0.717, 1.165) is 43.7 Å². The number of urea groups is 1. The number of hydrogen-bond acceptors (Lipinski definition) is 3. The van der Waals surface area contributed by atoms with Gasteiger partial charge in [-0.3, -0.25) is 9.48 Å². The van der Waals surface area contributed by atoms with Crippen LogP contribution in [0, 0.1) is 19.8 Å². The number of aromatic nitrogens is 2. The molecule has 1 aliphatic rings. The summed E-state index contributed by atoms with van der Waals surface area (Å²) >= 11 is 0. The fourth-order valence-electron chi connectivity index (χ4n) is 3.13. The highest BCUT2D eigenvalue weighted by atomic mass is 16.2. The highest BCUT2D eigenvalue weighted by molar-refractivity contribution is 5.76. The molecule has 1 saturated heterocycles. The number of likely N-dealkylation sites (tertiary alicyclic amines) is 1. The van der Waals surface area contributed by atoms with E-state index in [1.807, 2.05) is 23.4 Å². The second kappa shape index (κ2) is 9.44. The Bertz CT molecular complexity index is 584. The lowest BCUT2D eigenvalue weighted by atomic mass is 10.2. The van der Waals surface area contributed by atoms with Gasteiger partial charge in [0.05, 0.1) is 5.69 Å². The molecule has 140 valence electrons. The standard InChI is InChI=1S/C18H31N5O2/c1-14(13-23-16(3)11-15(2)21-23)12-20-18(25)19-8-10-22-9-6-4-5-7-17(22)24/h11,14H,4-10,12-13H2,1-3H3,(H2,19,20,25)/t14-/m1/s1. The molecule has 1 aliphatic heterocycles. The third kappa shape index (κ3) is 6.40. The number of hydrogen-bond donors (Lipinski definition) is 2. The van der Waals surface area contributed by atoms with Crippen molar-refractivity contribution < 1.29 is 9.59 Å². The van der Waals surface area contributed by atoms with Gasteiger partial charge in [0.2, 0.25) is 5.91 Å². The molecule has 2 N–H and O–H groups in total. The number of carbonyl (C=O) groups excluding carboxylic acids is 2. The quantitative estimate of drug-likeness (QED) is 0.788. The van der Waals surface area contributed by atoms with E-state index in [-0.39, 0.29) is 17.9 Å². The van der Waals surface area contributed by atoms with Gasteiger partial charge in [-0.05, 0) is 38.7 Å². The second-order valence-electron chi connectivity index (χ2n) is 7.04. The molecule has 7 nitrogen and oxygen atoms in total. The minimum absolute atomic E-state index is 0.178.